The van der Waals surface area contributed by atoms with Crippen LogP contribution in [0.25, 0.3) is 21.9 Å². The molecule has 0 saturated carbocycles. The minimum Gasteiger partial charge on any atom is -0.379 e. The Bertz CT molecular complexity index is 1470. The van der Waals surface area contributed by atoms with Crippen molar-refractivity contribution in [1.82, 2.24) is 18.8 Å². The molecule has 0 unspecified atom stereocenters. The maximum absolute atomic E-state index is 13.2. The highest BCUT2D eigenvalue weighted by Crippen LogP contribution is 2.32. The Hall–Kier alpha value is -2.66. The summed E-state index contributed by atoms with van der Waals surface area (Å²) in [6.07, 6.45) is 1.76. The van der Waals surface area contributed by atoms with E-state index in [2.05, 4.69) is 4.98 Å². The summed E-state index contributed by atoms with van der Waals surface area (Å²) in [5, 5.41) is 1.24. The van der Waals surface area contributed by atoms with Gasteiger partial charge >= 0.3 is 0 Å². The van der Waals surface area contributed by atoms with Gasteiger partial charge < -0.3 is 14.3 Å². The number of ether oxygens (including phenoxy) is 1. The van der Waals surface area contributed by atoms with Crippen LogP contribution in [-0.4, -0.2) is 64.6 Å². The minimum atomic E-state index is -3.61. The van der Waals surface area contributed by atoms with Gasteiger partial charge in [0, 0.05) is 42.3 Å². The lowest BCUT2D eigenvalue weighted by Gasteiger charge is -2.26. The van der Waals surface area contributed by atoms with Crippen LogP contribution in [0.2, 0.25) is 0 Å². The number of fused-ring (bicyclic) bond motifs is 2. The van der Waals surface area contributed by atoms with Crippen molar-refractivity contribution in [3.05, 3.63) is 54.2 Å². The van der Waals surface area contributed by atoms with E-state index in [4.69, 9.17) is 9.72 Å². The third-order valence-electron chi connectivity index (χ3n) is 6.11. The number of aromatic nitrogens is 3. The smallest absolute Gasteiger partial charge is 0.243 e. The highest BCUT2D eigenvalue weighted by Gasteiger charge is 2.28. The van der Waals surface area contributed by atoms with Crippen molar-refractivity contribution < 1.29 is 17.9 Å². The van der Waals surface area contributed by atoms with E-state index in [1.807, 2.05) is 42.7 Å². The second-order valence-electron chi connectivity index (χ2n) is 8.18. The average Bonchev–Trinajstić information content (AvgIpc) is 3.44. The molecule has 34 heavy (non-hydrogen) atoms. The molecule has 2 aromatic carbocycles. The van der Waals surface area contributed by atoms with Crippen LogP contribution in [0.3, 0.4) is 0 Å². The van der Waals surface area contributed by atoms with E-state index in [1.165, 1.54) is 16.1 Å². The largest absolute Gasteiger partial charge is 0.379 e. The third-order valence-corrected chi connectivity index (χ3v) is 9.10. The second-order valence-corrected chi connectivity index (χ2v) is 11.4. The Morgan fingerprint density at radius 3 is 2.74 bits per heavy atom. The first kappa shape index (κ1) is 23.1. The zero-order valence-corrected chi connectivity index (χ0v) is 20.7. The highest BCUT2D eigenvalue weighted by molar-refractivity contribution is 8.00. The van der Waals surface area contributed by atoms with E-state index in [0.717, 1.165) is 16.4 Å². The van der Waals surface area contributed by atoms with Crippen molar-refractivity contribution in [2.24, 2.45) is 0 Å². The number of carbonyl (C=O) groups is 1. The summed E-state index contributed by atoms with van der Waals surface area (Å²) in [4.78, 5) is 21.3. The summed E-state index contributed by atoms with van der Waals surface area (Å²) < 4.78 is 34.9. The Balaban J connectivity index is 1.44. The van der Waals surface area contributed by atoms with Gasteiger partial charge in [0.1, 0.15) is 0 Å². The van der Waals surface area contributed by atoms with Gasteiger partial charge in [-0.15, -0.1) is 0 Å². The summed E-state index contributed by atoms with van der Waals surface area (Å²) in [5.41, 5.74) is 3.04. The molecule has 1 aliphatic rings. The van der Waals surface area contributed by atoms with Gasteiger partial charge in [0.15, 0.2) is 10.9 Å². The molecule has 1 atom stereocenters. The zero-order valence-electron chi connectivity index (χ0n) is 19.0. The molecule has 2 aromatic heterocycles. The molecule has 0 bridgehead atoms. The van der Waals surface area contributed by atoms with Crippen molar-refractivity contribution in [3.8, 4) is 0 Å². The predicted molar refractivity (Wildman–Crippen MR) is 133 cm³/mol. The fourth-order valence-electron chi connectivity index (χ4n) is 4.29. The molecule has 8 nitrogen and oxygen atoms in total. The van der Waals surface area contributed by atoms with E-state index < -0.39 is 10.0 Å². The van der Waals surface area contributed by atoms with E-state index in [1.54, 1.807) is 24.4 Å². The number of thioether (sulfide) groups is 1. The van der Waals surface area contributed by atoms with Gasteiger partial charge in [-0.2, -0.15) is 4.31 Å². The van der Waals surface area contributed by atoms with Crippen LogP contribution >= 0.6 is 11.8 Å². The number of Topliss-reactive ketones (excluding diaryl/α,β-unsaturated/α-hetero) is 1. The number of nitrogens with one attached hydrogen (secondary N) is 1. The third kappa shape index (κ3) is 4.04. The first-order chi connectivity index (χ1) is 16.4. The molecule has 10 heteroatoms. The van der Waals surface area contributed by atoms with E-state index in [0.29, 0.717) is 49.1 Å². The number of benzene rings is 2. The summed E-state index contributed by atoms with van der Waals surface area (Å²) in [6.45, 7) is 6.03. The Kier molecular flexibility index (Phi) is 6.24. The summed E-state index contributed by atoms with van der Waals surface area (Å²) in [7, 11) is -3.61. The van der Waals surface area contributed by atoms with Crippen molar-refractivity contribution in [2.45, 2.75) is 35.7 Å². The first-order valence-electron chi connectivity index (χ1n) is 11.3. The normalized spacial score (nSPS) is 16.3. The SMILES string of the molecule is CCn1c(S[C@@H](C)C(=O)c2c[nH]c3ccccc23)nc2cc(S(=O)(=O)N3CCOCC3)ccc21. The van der Waals surface area contributed by atoms with Gasteiger partial charge in [-0.3, -0.25) is 4.79 Å². The number of sulfonamides is 1. The molecule has 0 amide bonds. The van der Waals surface area contributed by atoms with E-state index in [9.17, 15) is 13.2 Å². The molecule has 0 radical (unpaired) electrons. The quantitative estimate of drug-likeness (QED) is 0.306. The Labute approximate surface area is 202 Å². The molecule has 4 aromatic rings. The molecule has 5 rings (SSSR count). The number of hydrogen-bond acceptors (Lipinski definition) is 6. The van der Waals surface area contributed by atoms with Gasteiger partial charge in [0.2, 0.25) is 10.0 Å². The van der Waals surface area contributed by atoms with Gasteiger partial charge in [0.05, 0.1) is 34.4 Å². The Morgan fingerprint density at radius 1 is 1.21 bits per heavy atom. The van der Waals surface area contributed by atoms with E-state index in [-0.39, 0.29) is 15.9 Å². The monoisotopic (exact) mass is 498 g/mol. The van der Waals surface area contributed by atoms with Crippen LogP contribution in [0.1, 0.15) is 24.2 Å². The fraction of sp³-hybridized carbons (Fsp3) is 0.333. The minimum absolute atomic E-state index is 0.0211. The number of nitrogens with zero attached hydrogens (tertiary/aromatic N) is 3. The maximum atomic E-state index is 13.2. The molecule has 0 aliphatic carbocycles. The number of aromatic amines is 1. The lowest BCUT2D eigenvalue weighted by atomic mass is 10.1. The van der Waals surface area contributed by atoms with Gasteiger partial charge in [-0.1, -0.05) is 30.0 Å². The van der Waals surface area contributed by atoms with Crippen LogP contribution in [0.4, 0.5) is 0 Å². The number of hydrogen-bond donors (Lipinski definition) is 1. The number of para-hydroxylation sites is 1. The number of morpholine rings is 1. The summed E-state index contributed by atoms with van der Waals surface area (Å²) >= 11 is 1.39. The second kappa shape index (κ2) is 9.18. The van der Waals surface area contributed by atoms with Crippen LogP contribution in [-0.2, 0) is 21.3 Å². The van der Waals surface area contributed by atoms with Gasteiger partial charge in [-0.25, -0.2) is 13.4 Å². The number of rotatable bonds is 7. The van der Waals surface area contributed by atoms with Crippen LogP contribution < -0.4 is 0 Å². The molecule has 1 saturated heterocycles. The average molecular weight is 499 g/mol. The number of ketones is 1. The van der Waals surface area contributed by atoms with Crippen LogP contribution in [0, 0.1) is 0 Å². The lowest BCUT2D eigenvalue weighted by Crippen LogP contribution is -2.40. The molecular formula is C24H26N4O4S2. The standard InChI is InChI=1S/C24H26N4O4S2/c1-3-28-22-9-8-17(34(30,31)27-10-12-32-13-11-27)14-21(22)26-24(28)33-16(2)23(29)19-15-25-20-7-5-4-6-18(19)20/h4-9,14-16,25H,3,10-13H2,1-2H3/t16-/m0/s1. The molecular weight excluding hydrogens is 472 g/mol. The number of H-pyrrole nitrogens is 1. The van der Waals surface area contributed by atoms with Crippen molar-refractivity contribution in [2.75, 3.05) is 26.3 Å². The number of carbonyl (C=O) groups excluding carboxylic acids is 1. The van der Waals surface area contributed by atoms with Crippen LogP contribution in [0.5, 0.6) is 0 Å². The van der Waals surface area contributed by atoms with Gasteiger partial charge in [-0.05, 0) is 38.1 Å². The van der Waals surface area contributed by atoms with Crippen molar-refractivity contribution in [3.63, 3.8) is 0 Å². The molecule has 1 N–H and O–H groups in total. The molecule has 178 valence electrons. The Morgan fingerprint density at radius 2 is 1.97 bits per heavy atom. The van der Waals surface area contributed by atoms with E-state index >= 15 is 0 Å². The number of imidazole rings is 1. The highest BCUT2D eigenvalue weighted by atomic mass is 32.2. The fourth-order valence-corrected chi connectivity index (χ4v) is 6.77. The predicted octanol–water partition coefficient (Wildman–Crippen LogP) is 3.92. The molecule has 0 spiro atoms. The topological polar surface area (TPSA) is 97.3 Å². The summed E-state index contributed by atoms with van der Waals surface area (Å²) in [6, 6.07) is 12.8. The van der Waals surface area contributed by atoms with Crippen LogP contribution in [0.15, 0.2) is 58.7 Å². The lowest BCUT2D eigenvalue weighted by molar-refractivity contribution is 0.0730. The van der Waals surface area contributed by atoms with Gasteiger partial charge in [0.25, 0.3) is 0 Å². The molecule has 3 heterocycles. The number of aryl methyl sites for hydroxylation is 1. The van der Waals surface area contributed by atoms with Crippen molar-refractivity contribution in [1.29, 1.82) is 0 Å². The molecule has 1 aliphatic heterocycles. The maximum Gasteiger partial charge on any atom is 0.243 e. The van der Waals surface area contributed by atoms with Crippen molar-refractivity contribution >= 4 is 49.5 Å². The zero-order chi connectivity index (χ0) is 23.9. The first-order valence-corrected chi connectivity index (χ1v) is 13.6. The molecule has 1 fully saturated rings. The summed E-state index contributed by atoms with van der Waals surface area (Å²) in [5.74, 6) is 0.0211.